The molecule has 0 heterocycles. The van der Waals surface area contributed by atoms with Gasteiger partial charge in [-0.2, -0.15) is 0 Å². The summed E-state index contributed by atoms with van der Waals surface area (Å²) >= 11 is 0. The lowest BCUT2D eigenvalue weighted by molar-refractivity contribution is 0.190. The first-order valence-electron chi connectivity index (χ1n) is 7.01. The van der Waals surface area contributed by atoms with Crippen molar-refractivity contribution >= 4 is 8.56 Å². The summed E-state index contributed by atoms with van der Waals surface area (Å²) < 4.78 is 11.6. The first-order valence-corrected chi connectivity index (χ1v) is 9.83. The number of hydrogen-bond acceptors (Lipinski definition) is 2. The van der Waals surface area contributed by atoms with Crippen LogP contribution >= 0.6 is 0 Å². The van der Waals surface area contributed by atoms with Gasteiger partial charge in [-0.1, -0.05) is 51.2 Å². The van der Waals surface area contributed by atoms with Gasteiger partial charge in [0.25, 0.3) is 0 Å². The van der Waals surface area contributed by atoms with E-state index in [1.807, 2.05) is 19.1 Å². The van der Waals surface area contributed by atoms with Crippen LogP contribution in [0.25, 0.3) is 0 Å². The molecule has 0 aromatic heterocycles. The van der Waals surface area contributed by atoms with Crippen molar-refractivity contribution < 1.29 is 8.85 Å². The maximum Gasteiger partial charge on any atom is 0.331 e. The van der Waals surface area contributed by atoms with Gasteiger partial charge in [0.1, 0.15) is 0 Å². The molecule has 0 bridgehead atoms. The van der Waals surface area contributed by atoms with Gasteiger partial charge in [-0.25, -0.2) is 0 Å². The lowest BCUT2D eigenvalue weighted by atomic mass is 10.1. The Labute approximate surface area is 109 Å². The molecular weight excluding hydrogens is 228 g/mol. The van der Waals surface area contributed by atoms with Gasteiger partial charge in [0, 0.05) is 6.61 Å². The van der Waals surface area contributed by atoms with Crippen LogP contribution in [0, 0.1) is 0 Å². The third-order valence-corrected chi connectivity index (χ3v) is 4.47. The Morgan fingerprint density at radius 3 is 2.24 bits per heavy atom. The minimum Gasteiger partial charge on any atom is -0.395 e. The van der Waals surface area contributed by atoms with Gasteiger partial charge in [0.05, 0.1) is 6.61 Å². The van der Waals surface area contributed by atoms with Crippen LogP contribution in [-0.4, -0.2) is 21.8 Å². The molecule has 102 valence electrons. The van der Waals surface area contributed by atoms with Crippen molar-refractivity contribution in [2.75, 3.05) is 13.2 Å². The molecule has 0 aliphatic heterocycles. The average Bonchev–Trinajstić information content (AvgIpc) is 2.28. The lowest BCUT2D eigenvalue weighted by Crippen LogP contribution is -2.35. The molecule has 0 atom stereocenters. The van der Waals surface area contributed by atoms with Crippen LogP contribution in [0.2, 0.25) is 13.1 Å². The topological polar surface area (TPSA) is 18.5 Å². The summed E-state index contributed by atoms with van der Waals surface area (Å²) in [7, 11) is -1.87. The van der Waals surface area contributed by atoms with E-state index in [9.17, 15) is 0 Å². The molecule has 0 aromatic carbocycles. The lowest BCUT2D eigenvalue weighted by Gasteiger charge is -2.22. The Morgan fingerprint density at radius 2 is 1.59 bits per heavy atom. The van der Waals surface area contributed by atoms with E-state index in [-0.39, 0.29) is 0 Å². The summed E-state index contributed by atoms with van der Waals surface area (Å²) in [6, 6.07) is 0. The highest BCUT2D eigenvalue weighted by Crippen LogP contribution is 2.10. The third kappa shape index (κ3) is 12.1. The Balaban J connectivity index is 3.38. The van der Waals surface area contributed by atoms with Crippen molar-refractivity contribution in [1.29, 1.82) is 0 Å². The summed E-state index contributed by atoms with van der Waals surface area (Å²) in [4.78, 5) is 0. The summed E-state index contributed by atoms with van der Waals surface area (Å²) in [5.41, 5.74) is 0. The van der Waals surface area contributed by atoms with Crippen molar-refractivity contribution in [1.82, 2.24) is 0 Å². The largest absolute Gasteiger partial charge is 0.395 e. The molecule has 0 unspecified atom stereocenters. The molecule has 0 fully saturated rings. The van der Waals surface area contributed by atoms with E-state index >= 15 is 0 Å². The van der Waals surface area contributed by atoms with E-state index in [0.717, 1.165) is 6.61 Å². The standard InChI is InChI=1S/C14H30O2Si/c1-5-7-9-10-11-12-14-16-17(3,4)15-13-8-6-2/h6,8H,5,7,9-14H2,1-4H3/b8-6+. The highest BCUT2D eigenvalue weighted by atomic mass is 28.4. The molecule has 0 aliphatic carbocycles. The summed E-state index contributed by atoms with van der Waals surface area (Å²) in [6.45, 7) is 10.0. The van der Waals surface area contributed by atoms with Crippen LogP contribution in [0.1, 0.15) is 52.4 Å². The smallest absolute Gasteiger partial charge is 0.331 e. The van der Waals surface area contributed by atoms with Crippen molar-refractivity contribution in [3.63, 3.8) is 0 Å². The Hall–Kier alpha value is -0.123. The molecule has 2 nitrogen and oxygen atoms in total. The summed E-state index contributed by atoms with van der Waals surface area (Å²) in [5, 5.41) is 0. The molecular formula is C14H30O2Si. The molecule has 0 N–H and O–H groups in total. The fourth-order valence-electron chi connectivity index (χ4n) is 1.59. The molecule has 0 radical (unpaired) electrons. The van der Waals surface area contributed by atoms with Crippen LogP contribution in [0.3, 0.4) is 0 Å². The quantitative estimate of drug-likeness (QED) is 0.305. The first kappa shape index (κ1) is 16.9. The molecule has 0 spiro atoms. The summed E-state index contributed by atoms with van der Waals surface area (Å²) in [5.74, 6) is 0. The van der Waals surface area contributed by atoms with E-state index in [0.29, 0.717) is 6.61 Å². The minimum absolute atomic E-state index is 0.687. The van der Waals surface area contributed by atoms with Crippen molar-refractivity contribution in [2.45, 2.75) is 65.5 Å². The normalized spacial score (nSPS) is 12.5. The number of hydrogen-bond donors (Lipinski definition) is 0. The number of allylic oxidation sites excluding steroid dienone is 1. The van der Waals surface area contributed by atoms with Crippen LogP contribution in [-0.2, 0) is 8.85 Å². The van der Waals surface area contributed by atoms with E-state index in [2.05, 4.69) is 20.0 Å². The SMILES string of the molecule is C/C=C/CO[Si](C)(C)OCCCCCCCC. The van der Waals surface area contributed by atoms with Crippen LogP contribution in [0.5, 0.6) is 0 Å². The Morgan fingerprint density at radius 1 is 0.941 bits per heavy atom. The van der Waals surface area contributed by atoms with E-state index in [4.69, 9.17) is 8.85 Å². The van der Waals surface area contributed by atoms with E-state index in [1.54, 1.807) is 0 Å². The first-order chi connectivity index (χ1) is 8.12. The minimum atomic E-state index is -1.87. The molecule has 17 heavy (non-hydrogen) atoms. The van der Waals surface area contributed by atoms with Crippen molar-refractivity contribution in [3.8, 4) is 0 Å². The summed E-state index contributed by atoms with van der Waals surface area (Å²) in [6.07, 6.45) is 11.9. The van der Waals surface area contributed by atoms with E-state index < -0.39 is 8.56 Å². The maximum atomic E-state index is 5.87. The van der Waals surface area contributed by atoms with Crippen LogP contribution in [0.4, 0.5) is 0 Å². The zero-order valence-electron chi connectivity index (χ0n) is 12.1. The average molecular weight is 258 g/mol. The van der Waals surface area contributed by atoms with Gasteiger partial charge in [-0.15, -0.1) is 0 Å². The van der Waals surface area contributed by atoms with Gasteiger partial charge < -0.3 is 8.85 Å². The second-order valence-electron chi connectivity index (χ2n) is 4.90. The monoisotopic (exact) mass is 258 g/mol. The molecule has 0 rings (SSSR count). The Kier molecular flexibility index (Phi) is 10.9. The van der Waals surface area contributed by atoms with Crippen LogP contribution < -0.4 is 0 Å². The van der Waals surface area contributed by atoms with Crippen LogP contribution in [0.15, 0.2) is 12.2 Å². The molecule has 0 saturated heterocycles. The fraction of sp³-hybridized carbons (Fsp3) is 0.857. The van der Waals surface area contributed by atoms with Gasteiger partial charge in [-0.3, -0.25) is 0 Å². The molecule has 3 heteroatoms. The van der Waals surface area contributed by atoms with Gasteiger partial charge >= 0.3 is 8.56 Å². The second-order valence-corrected chi connectivity index (χ2v) is 8.27. The maximum absolute atomic E-state index is 5.87. The molecule has 0 saturated carbocycles. The Bertz CT molecular complexity index is 191. The fourth-order valence-corrected chi connectivity index (χ4v) is 2.80. The van der Waals surface area contributed by atoms with Gasteiger partial charge in [-0.05, 0) is 26.4 Å². The number of unbranched alkanes of at least 4 members (excludes halogenated alkanes) is 5. The van der Waals surface area contributed by atoms with Gasteiger partial charge in [0.15, 0.2) is 0 Å². The molecule has 0 aliphatic rings. The van der Waals surface area contributed by atoms with Crippen molar-refractivity contribution in [2.24, 2.45) is 0 Å². The van der Waals surface area contributed by atoms with Crippen molar-refractivity contribution in [3.05, 3.63) is 12.2 Å². The zero-order valence-corrected chi connectivity index (χ0v) is 13.1. The third-order valence-electron chi connectivity index (χ3n) is 2.71. The van der Waals surface area contributed by atoms with E-state index in [1.165, 1.54) is 38.5 Å². The highest BCUT2D eigenvalue weighted by Gasteiger charge is 2.23. The second kappa shape index (κ2) is 11.0. The predicted octanol–water partition coefficient (Wildman–Crippen LogP) is 4.66. The molecule has 0 aromatic rings. The molecule has 0 amide bonds. The van der Waals surface area contributed by atoms with Gasteiger partial charge in [0.2, 0.25) is 0 Å². The predicted molar refractivity (Wildman–Crippen MR) is 77.6 cm³/mol. The zero-order chi connectivity index (χ0) is 13.0. The highest BCUT2D eigenvalue weighted by molar-refractivity contribution is 6.64. The number of rotatable bonds is 11.